The van der Waals surface area contributed by atoms with Gasteiger partial charge in [0.05, 0.1) is 0 Å². The minimum Gasteiger partial charge on any atom is -0.311 e. The molecule has 4 heteroatoms. The predicted molar refractivity (Wildman–Crippen MR) is 422 cm³/mol. The van der Waals surface area contributed by atoms with E-state index in [9.17, 15) is 0 Å². The second kappa shape index (κ2) is 27.3. The van der Waals surface area contributed by atoms with Crippen molar-refractivity contribution in [3.8, 4) is 44.5 Å². The van der Waals surface area contributed by atoms with E-state index in [0.717, 1.165) is 102 Å². The van der Waals surface area contributed by atoms with Crippen LogP contribution in [0, 0.1) is 0 Å². The fourth-order valence-electron chi connectivity index (χ4n) is 13.1. The first kappa shape index (κ1) is 65.7. The Kier molecular flexibility index (Phi) is 18.3. The van der Waals surface area contributed by atoms with Crippen molar-refractivity contribution in [2.24, 2.45) is 0 Å². The van der Waals surface area contributed by atoms with E-state index in [0.29, 0.717) is 0 Å². The van der Waals surface area contributed by atoms with Crippen molar-refractivity contribution in [3.05, 3.63) is 350 Å². The number of benzene rings is 13. The van der Waals surface area contributed by atoms with Crippen LogP contribution in [0.15, 0.2) is 328 Å². The summed E-state index contributed by atoms with van der Waals surface area (Å²) >= 11 is 0. The molecule has 98 heavy (non-hydrogen) atoms. The first-order valence-corrected chi connectivity index (χ1v) is 34.5. The van der Waals surface area contributed by atoms with Crippen molar-refractivity contribution in [2.45, 2.75) is 105 Å². The molecular formula is C94H90N4. The van der Waals surface area contributed by atoms with Crippen LogP contribution in [0.25, 0.3) is 44.5 Å². The van der Waals surface area contributed by atoms with Crippen molar-refractivity contribution in [1.82, 2.24) is 0 Å². The zero-order valence-corrected chi connectivity index (χ0v) is 59.0. The maximum absolute atomic E-state index is 2.36. The molecule has 0 heterocycles. The molecule has 13 aromatic carbocycles. The van der Waals surface area contributed by atoms with Crippen LogP contribution < -0.4 is 19.6 Å². The molecule has 0 atom stereocenters. The van der Waals surface area contributed by atoms with E-state index in [1.807, 2.05) is 0 Å². The fourth-order valence-corrected chi connectivity index (χ4v) is 13.1. The highest BCUT2D eigenvalue weighted by atomic mass is 15.2. The van der Waals surface area contributed by atoms with Gasteiger partial charge in [-0.15, -0.1) is 0 Å². The lowest BCUT2D eigenvalue weighted by molar-refractivity contribution is 0.590. The lowest BCUT2D eigenvalue weighted by Crippen LogP contribution is -2.14. The van der Waals surface area contributed by atoms with Gasteiger partial charge >= 0.3 is 0 Å². The maximum atomic E-state index is 2.36. The first-order valence-electron chi connectivity index (χ1n) is 34.5. The summed E-state index contributed by atoms with van der Waals surface area (Å²) < 4.78 is 0. The smallest absolute Gasteiger partial charge is 0.0462 e. The van der Waals surface area contributed by atoms with Gasteiger partial charge in [0.15, 0.2) is 0 Å². The molecule has 4 nitrogen and oxygen atoms in total. The molecule has 0 saturated carbocycles. The zero-order chi connectivity index (χ0) is 68.3. The Morgan fingerprint density at radius 3 is 0.378 bits per heavy atom. The summed E-state index contributed by atoms with van der Waals surface area (Å²) in [7, 11) is 0. The molecule has 0 amide bonds. The molecule has 0 aromatic heterocycles. The summed E-state index contributed by atoms with van der Waals surface area (Å²) in [6.07, 6.45) is 0. The van der Waals surface area contributed by atoms with Crippen LogP contribution in [0.5, 0.6) is 0 Å². The molecule has 486 valence electrons. The second-order valence-electron chi connectivity index (χ2n) is 30.1. The summed E-state index contributed by atoms with van der Waals surface area (Å²) in [6, 6.07) is 120. The lowest BCUT2D eigenvalue weighted by atomic mass is 9.86. The van der Waals surface area contributed by atoms with E-state index >= 15 is 0 Å². The van der Waals surface area contributed by atoms with Crippen LogP contribution in [0.1, 0.15) is 105 Å². The van der Waals surface area contributed by atoms with Gasteiger partial charge in [-0.05, 0) is 234 Å². The minimum absolute atomic E-state index is 0.0713. The van der Waals surface area contributed by atoms with Crippen molar-refractivity contribution >= 4 is 68.2 Å². The molecule has 13 rings (SSSR count). The van der Waals surface area contributed by atoms with Crippen LogP contribution in [-0.4, -0.2) is 0 Å². The standard InChI is InChI=1S/C94H90N4/c1-91(2,3)75-39-59-87(60-40-75)97(88-61-41-76(42-62-88)92(4,5)6)85-55-35-73(36-56-85)71-31-51-83(52-32-71)95(79-19-15-13-16-20-79)81-47-27-69(28-48-81)67-23-25-68(26-24-67)70-29-49-82(50-30-70)96(80-21-17-14-18-22-80)84-53-33-72(34-54-84)74-37-57-86(58-38-74)98(89-63-43-77(44-64-89)93(7,8)9)90-65-45-78(46-66-90)94(10,11)12/h13-66H,1-12H3. The number of rotatable bonds is 16. The van der Waals surface area contributed by atoms with E-state index in [4.69, 9.17) is 0 Å². The Hall–Kier alpha value is -10.9. The SMILES string of the molecule is CC(C)(C)c1ccc(N(c2ccc(-c3ccc(N(c4ccccc4)c4ccc(-c5ccc(-c6ccc(N(c7ccccc7)c7ccc(-c8ccc(N(c9ccc(C(C)(C)C)cc9)c9ccc(C(C)(C)C)cc9)cc8)cc7)cc6)cc5)cc4)cc3)cc2)c2ccc(C(C)(C)C)cc2)cc1. The van der Waals surface area contributed by atoms with E-state index < -0.39 is 0 Å². The fraction of sp³-hybridized carbons (Fsp3) is 0.170. The molecule has 0 fully saturated rings. The van der Waals surface area contributed by atoms with Crippen LogP contribution >= 0.6 is 0 Å². The van der Waals surface area contributed by atoms with Gasteiger partial charge in [-0.1, -0.05) is 265 Å². The molecule has 0 spiro atoms. The van der Waals surface area contributed by atoms with Crippen LogP contribution in [0.2, 0.25) is 0 Å². The quantitative estimate of drug-likeness (QED) is 0.0956. The van der Waals surface area contributed by atoms with Crippen molar-refractivity contribution in [3.63, 3.8) is 0 Å². The lowest BCUT2D eigenvalue weighted by Gasteiger charge is -2.28. The van der Waals surface area contributed by atoms with Crippen molar-refractivity contribution in [1.29, 1.82) is 0 Å². The molecule has 0 aliphatic rings. The molecule has 0 N–H and O–H groups in total. The third-order valence-corrected chi connectivity index (χ3v) is 19.0. The first-order chi connectivity index (χ1) is 47.1. The van der Waals surface area contributed by atoms with Gasteiger partial charge in [-0.25, -0.2) is 0 Å². The van der Waals surface area contributed by atoms with E-state index in [2.05, 4.69) is 430 Å². The van der Waals surface area contributed by atoms with Crippen LogP contribution in [0.3, 0.4) is 0 Å². The second-order valence-corrected chi connectivity index (χ2v) is 30.1. The Labute approximate surface area is 583 Å². The minimum atomic E-state index is 0.0713. The van der Waals surface area contributed by atoms with E-state index in [-0.39, 0.29) is 21.7 Å². The predicted octanol–water partition coefficient (Wildman–Crippen LogP) is 27.4. The number of hydrogen-bond donors (Lipinski definition) is 0. The van der Waals surface area contributed by atoms with Crippen LogP contribution in [0.4, 0.5) is 68.2 Å². The van der Waals surface area contributed by atoms with Crippen molar-refractivity contribution < 1.29 is 0 Å². The molecule has 0 bridgehead atoms. The number of hydrogen-bond acceptors (Lipinski definition) is 4. The largest absolute Gasteiger partial charge is 0.311 e. The Morgan fingerprint density at radius 2 is 0.245 bits per heavy atom. The molecule has 0 aliphatic carbocycles. The maximum Gasteiger partial charge on any atom is 0.0462 e. The number of para-hydroxylation sites is 2. The highest BCUT2D eigenvalue weighted by Gasteiger charge is 2.23. The molecule has 0 aliphatic heterocycles. The number of nitrogens with zero attached hydrogens (tertiary/aromatic N) is 4. The summed E-state index contributed by atoms with van der Waals surface area (Å²) in [6.45, 7) is 27.2. The Balaban J connectivity index is 0.700. The van der Waals surface area contributed by atoms with Gasteiger partial charge in [0.25, 0.3) is 0 Å². The molecule has 13 aromatic rings. The van der Waals surface area contributed by atoms with Crippen molar-refractivity contribution in [2.75, 3.05) is 19.6 Å². The Bertz CT molecular complexity index is 4320. The van der Waals surface area contributed by atoms with E-state index in [1.165, 1.54) is 33.4 Å². The highest BCUT2D eigenvalue weighted by Crippen LogP contribution is 2.44. The Morgan fingerprint density at radius 1 is 0.133 bits per heavy atom. The molecule has 0 radical (unpaired) electrons. The average molecular weight is 1280 g/mol. The highest BCUT2D eigenvalue weighted by molar-refractivity contribution is 5.85. The van der Waals surface area contributed by atoms with Gasteiger partial charge in [-0.3, -0.25) is 0 Å². The topological polar surface area (TPSA) is 13.0 Å². The molecule has 0 saturated heterocycles. The average Bonchev–Trinajstić information content (AvgIpc) is 0.806. The van der Waals surface area contributed by atoms with Crippen LogP contribution in [-0.2, 0) is 21.7 Å². The summed E-state index contributed by atoms with van der Waals surface area (Å²) in [5.74, 6) is 0. The van der Waals surface area contributed by atoms with Gasteiger partial charge in [0.1, 0.15) is 0 Å². The van der Waals surface area contributed by atoms with Gasteiger partial charge in [0, 0.05) is 68.2 Å². The van der Waals surface area contributed by atoms with Gasteiger partial charge in [-0.2, -0.15) is 0 Å². The van der Waals surface area contributed by atoms with Gasteiger partial charge < -0.3 is 19.6 Å². The molecule has 0 unspecified atom stereocenters. The zero-order valence-electron chi connectivity index (χ0n) is 59.0. The summed E-state index contributed by atoms with van der Waals surface area (Å²) in [5.41, 5.74) is 28.2. The molecular weight excluding hydrogens is 1190 g/mol. The normalized spacial score (nSPS) is 11.9. The van der Waals surface area contributed by atoms with E-state index in [1.54, 1.807) is 0 Å². The van der Waals surface area contributed by atoms with Gasteiger partial charge in [0.2, 0.25) is 0 Å². The summed E-state index contributed by atoms with van der Waals surface area (Å²) in [5, 5.41) is 0. The monoisotopic (exact) mass is 1270 g/mol. The number of anilines is 12. The summed E-state index contributed by atoms with van der Waals surface area (Å²) in [4.78, 5) is 9.39. The third kappa shape index (κ3) is 14.6. The third-order valence-electron chi connectivity index (χ3n) is 19.0.